The quantitative estimate of drug-likeness (QED) is 0.337. The first-order chi connectivity index (χ1) is 14.8. The zero-order valence-corrected chi connectivity index (χ0v) is 18.6. The lowest BCUT2D eigenvalue weighted by atomic mass is 10.2. The number of fused-ring (bicyclic) bond motifs is 1. The number of oxazole rings is 1. The maximum absolute atomic E-state index is 12.9. The van der Waals surface area contributed by atoms with Gasteiger partial charge in [-0.2, -0.15) is 0 Å². The second kappa shape index (κ2) is 8.50. The summed E-state index contributed by atoms with van der Waals surface area (Å²) in [5.74, 6) is 2.32. The van der Waals surface area contributed by atoms with Crippen LogP contribution in [-0.4, -0.2) is 24.1 Å². The topological polar surface area (TPSA) is 95.8 Å². The lowest BCUT2D eigenvalue weighted by Gasteiger charge is -2.15. The molecule has 0 aliphatic carbocycles. The maximum atomic E-state index is 12.9. The van der Waals surface area contributed by atoms with Crippen LogP contribution in [0.1, 0.15) is 25.6 Å². The van der Waals surface area contributed by atoms with Gasteiger partial charge in [-0.25, -0.2) is 19.7 Å². The third-order valence-electron chi connectivity index (χ3n) is 4.75. The van der Waals surface area contributed by atoms with Crippen molar-refractivity contribution in [2.24, 2.45) is 13.0 Å². The molecule has 4 rings (SSSR count). The van der Waals surface area contributed by atoms with Crippen LogP contribution in [0, 0.1) is 12.8 Å². The molecule has 8 nitrogen and oxygen atoms in total. The molecule has 3 heterocycles. The van der Waals surface area contributed by atoms with E-state index in [2.05, 4.69) is 15.0 Å². The predicted octanol–water partition coefficient (Wildman–Crippen LogP) is 3.40. The van der Waals surface area contributed by atoms with Crippen molar-refractivity contribution in [3.05, 3.63) is 69.1 Å². The normalized spacial score (nSPS) is 11.5. The van der Waals surface area contributed by atoms with E-state index in [4.69, 9.17) is 4.42 Å². The highest BCUT2D eigenvalue weighted by molar-refractivity contribution is 7.98. The summed E-state index contributed by atoms with van der Waals surface area (Å²) in [7, 11) is 1.48. The molecule has 0 radical (unpaired) electrons. The molecule has 0 saturated carbocycles. The number of nitrogens with zero attached hydrogens (tertiary/aromatic N) is 5. The highest BCUT2D eigenvalue weighted by Gasteiger charge is 2.19. The predicted molar refractivity (Wildman–Crippen MR) is 120 cm³/mol. The Hall–Kier alpha value is -3.20. The molecule has 0 aliphatic rings. The number of benzene rings is 1. The summed E-state index contributed by atoms with van der Waals surface area (Å²) >= 11 is 1.35. The number of rotatable bonds is 6. The Balaban J connectivity index is 1.73. The van der Waals surface area contributed by atoms with Gasteiger partial charge >= 0.3 is 5.69 Å². The largest absolute Gasteiger partial charge is 0.440 e. The van der Waals surface area contributed by atoms with E-state index < -0.39 is 5.56 Å². The molecule has 9 heteroatoms. The molecule has 0 spiro atoms. The smallest absolute Gasteiger partial charge is 0.332 e. The van der Waals surface area contributed by atoms with Gasteiger partial charge < -0.3 is 4.42 Å². The van der Waals surface area contributed by atoms with Crippen molar-refractivity contribution in [1.29, 1.82) is 0 Å². The number of thioether (sulfide) groups is 1. The van der Waals surface area contributed by atoms with Crippen molar-refractivity contribution < 1.29 is 4.42 Å². The summed E-state index contributed by atoms with van der Waals surface area (Å²) in [6, 6.07) is 9.73. The Labute approximate surface area is 183 Å². The van der Waals surface area contributed by atoms with Crippen molar-refractivity contribution in [2.75, 3.05) is 0 Å². The number of hydrogen-bond donors (Lipinski definition) is 0. The van der Waals surface area contributed by atoms with Crippen molar-refractivity contribution in [3.63, 3.8) is 0 Å². The minimum Gasteiger partial charge on any atom is -0.440 e. The molecule has 1 aromatic carbocycles. The molecule has 0 unspecified atom stereocenters. The van der Waals surface area contributed by atoms with Crippen LogP contribution in [0.15, 0.2) is 55.6 Å². The van der Waals surface area contributed by atoms with E-state index in [1.807, 2.05) is 44.2 Å². The van der Waals surface area contributed by atoms with Gasteiger partial charge in [-0.15, -0.1) is 0 Å². The van der Waals surface area contributed by atoms with Crippen LogP contribution in [0.3, 0.4) is 0 Å². The van der Waals surface area contributed by atoms with Crippen molar-refractivity contribution in [1.82, 2.24) is 24.1 Å². The van der Waals surface area contributed by atoms with Gasteiger partial charge in [0.25, 0.3) is 5.56 Å². The van der Waals surface area contributed by atoms with Crippen LogP contribution in [0.4, 0.5) is 0 Å². The Morgan fingerprint density at radius 1 is 1.13 bits per heavy atom. The Morgan fingerprint density at radius 3 is 2.58 bits per heavy atom. The summed E-state index contributed by atoms with van der Waals surface area (Å²) < 4.78 is 8.54. The third kappa shape index (κ3) is 4.18. The zero-order valence-electron chi connectivity index (χ0n) is 17.8. The standard InChI is InChI=1S/C22H23N5O3S/c1-13(2)11-27-19-18(21(28)26(4)22(27)29)20(25-14(3)24-19)31-12-17-23-10-16(30-17)15-8-6-5-7-9-15/h5-10,13H,11-12H2,1-4H3. The van der Waals surface area contributed by atoms with Crippen LogP contribution in [0.25, 0.3) is 22.4 Å². The van der Waals surface area contributed by atoms with E-state index in [-0.39, 0.29) is 11.6 Å². The Morgan fingerprint density at radius 2 is 1.87 bits per heavy atom. The van der Waals surface area contributed by atoms with Crippen LogP contribution >= 0.6 is 11.8 Å². The van der Waals surface area contributed by atoms with Crippen LogP contribution in [0.2, 0.25) is 0 Å². The van der Waals surface area contributed by atoms with Gasteiger partial charge in [0.15, 0.2) is 11.4 Å². The molecule has 0 bridgehead atoms. The lowest BCUT2D eigenvalue weighted by molar-refractivity contribution is 0.498. The zero-order chi connectivity index (χ0) is 22.1. The summed E-state index contributed by atoms with van der Waals surface area (Å²) in [4.78, 5) is 38.9. The number of aryl methyl sites for hydroxylation is 1. The summed E-state index contributed by atoms with van der Waals surface area (Å²) in [6.45, 7) is 6.24. The van der Waals surface area contributed by atoms with E-state index in [9.17, 15) is 9.59 Å². The van der Waals surface area contributed by atoms with Gasteiger partial charge in [-0.1, -0.05) is 55.9 Å². The molecule has 0 atom stereocenters. The number of aromatic nitrogens is 5. The third-order valence-corrected chi connectivity index (χ3v) is 5.71. The second-order valence-corrected chi connectivity index (χ2v) is 8.66. The molecule has 4 aromatic rings. The minimum absolute atomic E-state index is 0.216. The average molecular weight is 438 g/mol. The van der Waals surface area contributed by atoms with Gasteiger partial charge in [0.2, 0.25) is 5.89 Å². The van der Waals surface area contributed by atoms with Crippen LogP contribution < -0.4 is 11.2 Å². The SMILES string of the molecule is Cc1nc(SCc2ncc(-c3ccccc3)o2)c2c(=O)n(C)c(=O)n(CC(C)C)c2n1. The molecule has 0 saturated heterocycles. The highest BCUT2D eigenvalue weighted by atomic mass is 32.2. The summed E-state index contributed by atoms with van der Waals surface area (Å²) in [6.07, 6.45) is 1.69. The first kappa shape index (κ1) is 21.0. The van der Waals surface area contributed by atoms with E-state index in [0.717, 1.165) is 10.1 Å². The first-order valence-corrected chi connectivity index (χ1v) is 10.9. The van der Waals surface area contributed by atoms with E-state index >= 15 is 0 Å². The summed E-state index contributed by atoms with van der Waals surface area (Å²) in [5.41, 5.74) is 0.538. The molecule has 160 valence electrons. The fourth-order valence-electron chi connectivity index (χ4n) is 3.32. The second-order valence-electron chi connectivity index (χ2n) is 7.70. The van der Waals surface area contributed by atoms with Gasteiger partial charge in [-0.3, -0.25) is 13.9 Å². The molecule has 0 aliphatic heterocycles. The van der Waals surface area contributed by atoms with Gasteiger partial charge in [0, 0.05) is 19.2 Å². The molecule has 3 aromatic heterocycles. The molecule has 0 fully saturated rings. The fourth-order valence-corrected chi connectivity index (χ4v) is 4.23. The van der Waals surface area contributed by atoms with Crippen molar-refractivity contribution in [2.45, 2.75) is 38.1 Å². The van der Waals surface area contributed by atoms with Crippen molar-refractivity contribution in [3.8, 4) is 11.3 Å². The van der Waals surface area contributed by atoms with Crippen LogP contribution in [0.5, 0.6) is 0 Å². The van der Waals surface area contributed by atoms with Gasteiger partial charge in [-0.05, 0) is 12.8 Å². The average Bonchev–Trinajstić information content (AvgIpc) is 3.23. The van der Waals surface area contributed by atoms with Gasteiger partial charge in [0.05, 0.1) is 11.9 Å². The van der Waals surface area contributed by atoms with E-state index in [0.29, 0.717) is 45.8 Å². The maximum Gasteiger partial charge on any atom is 0.332 e. The lowest BCUT2D eigenvalue weighted by Crippen LogP contribution is -2.39. The van der Waals surface area contributed by atoms with Crippen molar-refractivity contribution >= 4 is 22.8 Å². The molecular formula is C22H23N5O3S. The molecular weight excluding hydrogens is 414 g/mol. The monoisotopic (exact) mass is 437 g/mol. The minimum atomic E-state index is -0.403. The van der Waals surface area contributed by atoms with E-state index in [1.165, 1.54) is 18.8 Å². The Bertz CT molecular complexity index is 1360. The summed E-state index contributed by atoms with van der Waals surface area (Å²) in [5, 5.41) is 0.855. The number of hydrogen-bond acceptors (Lipinski definition) is 7. The van der Waals surface area contributed by atoms with E-state index in [1.54, 1.807) is 17.7 Å². The Kier molecular flexibility index (Phi) is 5.77. The molecule has 0 amide bonds. The van der Waals surface area contributed by atoms with Gasteiger partial charge in [0.1, 0.15) is 16.2 Å². The molecule has 31 heavy (non-hydrogen) atoms. The first-order valence-electron chi connectivity index (χ1n) is 9.96. The van der Waals surface area contributed by atoms with Crippen LogP contribution in [-0.2, 0) is 19.3 Å². The molecule has 0 N–H and O–H groups in total. The highest BCUT2D eigenvalue weighted by Crippen LogP contribution is 2.28. The fraction of sp³-hybridized carbons (Fsp3) is 0.318.